The Hall–Kier alpha value is -3.16. The average molecular weight is 469 g/mol. The first-order valence-electron chi connectivity index (χ1n) is 11.3. The van der Waals surface area contributed by atoms with Gasteiger partial charge in [-0.3, -0.25) is 4.79 Å². The Morgan fingerprint density at radius 2 is 1.56 bits per heavy atom. The van der Waals surface area contributed by atoms with Crippen LogP contribution in [0.15, 0.2) is 54.6 Å². The minimum atomic E-state index is -1.06. The molecule has 0 bridgehead atoms. The van der Waals surface area contributed by atoms with Gasteiger partial charge in [0.15, 0.2) is 0 Å². The maximum absolute atomic E-state index is 14.1. The predicted molar refractivity (Wildman–Crippen MR) is 125 cm³/mol. The number of carbonyl (C=O) groups is 1. The zero-order valence-corrected chi connectivity index (χ0v) is 19.0. The zero-order chi connectivity index (χ0) is 24.4. The SMILES string of the molecule is CCc1ccc2c(c1)C(NC[C@H](O)[C@H](Cc1cc(F)cc(F)c1)NC(C)=O)c1cc(F)ccc1-2. The molecule has 4 nitrogen and oxygen atoms in total. The molecule has 4 rings (SSSR count). The van der Waals surface area contributed by atoms with Crippen LogP contribution in [-0.4, -0.2) is 29.7 Å². The van der Waals surface area contributed by atoms with Crippen LogP contribution < -0.4 is 10.6 Å². The first kappa shape index (κ1) is 24.0. The van der Waals surface area contributed by atoms with Crippen LogP contribution in [0.25, 0.3) is 11.1 Å². The third-order valence-corrected chi connectivity index (χ3v) is 6.21. The van der Waals surface area contributed by atoms with Crippen molar-refractivity contribution in [3.05, 3.63) is 94.3 Å². The highest BCUT2D eigenvalue weighted by molar-refractivity contribution is 5.79. The highest BCUT2D eigenvalue weighted by Gasteiger charge is 2.30. The molecular formula is C27H27F3N2O2. The lowest BCUT2D eigenvalue weighted by atomic mass is 9.99. The van der Waals surface area contributed by atoms with Gasteiger partial charge in [-0.15, -0.1) is 0 Å². The van der Waals surface area contributed by atoms with E-state index in [9.17, 15) is 23.1 Å². The molecule has 1 aliphatic rings. The van der Waals surface area contributed by atoms with E-state index in [0.717, 1.165) is 40.3 Å². The number of aliphatic hydroxyl groups excluding tert-OH is 1. The standard InChI is InChI=1S/C27H27F3N2O2/c1-3-16-4-6-21-22-7-5-18(28)13-24(22)27(23(21)10-16)31-14-26(34)25(32-15(2)33)11-17-8-19(29)12-20(30)9-17/h4-10,12-13,25-27,31,34H,3,11,14H2,1-2H3,(H,32,33)/t25-,26-,27?/m0/s1. The number of aryl methyl sites for hydroxylation is 1. The van der Waals surface area contributed by atoms with Crippen LogP contribution >= 0.6 is 0 Å². The van der Waals surface area contributed by atoms with Gasteiger partial charge in [-0.2, -0.15) is 0 Å². The van der Waals surface area contributed by atoms with E-state index >= 15 is 0 Å². The van der Waals surface area contributed by atoms with Crippen molar-refractivity contribution in [2.24, 2.45) is 0 Å². The molecule has 0 spiro atoms. The summed E-state index contributed by atoms with van der Waals surface area (Å²) in [4.78, 5) is 11.7. The van der Waals surface area contributed by atoms with Crippen molar-refractivity contribution in [1.29, 1.82) is 0 Å². The predicted octanol–water partition coefficient (Wildman–Crippen LogP) is 4.43. The summed E-state index contributed by atoms with van der Waals surface area (Å²) in [6.07, 6.45) is -0.170. The molecule has 1 amide bonds. The molecule has 3 aromatic rings. The number of rotatable bonds is 8. The van der Waals surface area contributed by atoms with E-state index in [0.29, 0.717) is 5.56 Å². The molecule has 178 valence electrons. The van der Waals surface area contributed by atoms with Crippen LogP contribution in [0.5, 0.6) is 0 Å². The molecule has 1 aliphatic carbocycles. The number of benzene rings is 3. The van der Waals surface area contributed by atoms with Gasteiger partial charge < -0.3 is 15.7 Å². The molecule has 3 N–H and O–H groups in total. The van der Waals surface area contributed by atoms with E-state index in [-0.39, 0.29) is 30.7 Å². The lowest BCUT2D eigenvalue weighted by molar-refractivity contribution is -0.120. The molecule has 0 aromatic heterocycles. The number of hydrogen-bond donors (Lipinski definition) is 3. The van der Waals surface area contributed by atoms with Gasteiger partial charge in [-0.05, 0) is 70.5 Å². The summed E-state index contributed by atoms with van der Waals surface area (Å²) in [6, 6.07) is 12.8. The summed E-state index contributed by atoms with van der Waals surface area (Å²) in [7, 11) is 0. The maximum atomic E-state index is 14.1. The summed E-state index contributed by atoms with van der Waals surface area (Å²) in [5.74, 6) is -2.17. The summed E-state index contributed by atoms with van der Waals surface area (Å²) in [5, 5.41) is 16.9. The highest BCUT2D eigenvalue weighted by atomic mass is 19.1. The second-order valence-corrected chi connectivity index (χ2v) is 8.70. The zero-order valence-electron chi connectivity index (χ0n) is 19.0. The van der Waals surface area contributed by atoms with Crippen LogP contribution in [0.2, 0.25) is 0 Å². The summed E-state index contributed by atoms with van der Waals surface area (Å²) < 4.78 is 41.4. The largest absolute Gasteiger partial charge is 0.390 e. The fraction of sp³-hybridized carbons (Fsp3) is 0.296. The molecule has 0 aliphatic heterocycles. The Morgan fingerprint density at radius 1 is 0.912 bits per heavy atom. The van der Waals surface area contributed by atoms with Crippen molar-refractivity contribution < 1.29 is 23.1 Å². The first-order chi connectivity index (χ1) is 16.2. The third kappa shape index (κ3) is 5.16. The van der Waals surface area contributed by atoms with Gasteiger partial charge in [-0.1, -0.05) is 31.2 Å². The average Bonchev–Trinajstić information content (AvgIpc) is 3.07. The molecule has 0 saturated carbocycles. The monoisotopic (exact) mass is 468 g/mol. The number of fused-ring (bicyclic) bond motifs is 3. The number of aliphatic hydroxyl groups is 1. The van der Waals surface area contributed by atoms with Crippen LogP contribution in [0.4, 0.5) is 13.2 Å². The fourth-order valence-electron chi connectivity index (χ4n) is 4.63. The normalized spacial score (nSPS) is 16.0. The van der Waals surface area contributed by atoms with E-state index in [1.807, 2.05) is 12.1 Å². The second-order valence-electron chi connectivity index (χ2n) is 8.70. The minimum Gasteiger partial charge on any atom is -0.390 e. The molecule has 3 aromatic carbocycles. The van der Waals surface area contributed by atoms with Crippen molar-refractivity contribution >= 4 is 5.91 Å². The van der Waals surface area contributed by atoms with E-state index in [2.05, 4.69) is 23.6 Å². The Kier molecular flexibility index (Phi) is 7.05. The number of hydrogen-bond acceptors (Lipinski definition) is 3. The van der Waals surface area contributed by atoms with Crippen LogP contribution in [0.1, 0.15) is 42.1 Å². The van der Waals surface area contributed by atoms with E-state index in [4.69, 9.17) is 0 Å². The van der Waals surface area contributed by atoms with Gasteiger partial charge >= 0.3 is 0 Å². The number of carbonyl (C=O) groups excluding carboxylic acids is 1. The molecule has 0 fully saturated rings. The third-order valence-electron chi connectivity index (χ3n) is 6.21. The van der Waals surface area contributed by atoms with E-state index in [1.165, 1.54) is 31.2 Å². The Bertz CT molecular complexity index is 1190. The molecule has 7 heteroatoms. The fourth-order valence-corrected chi connectivity index (χ4v) is 4.63. The second kappa shape index (κ2) is 9.99. The molecule has 3 atom stereocenters. The van der Waals surface area contributed by atoms with Gasteiger partial charge in [0.2, 0.25) is 5.91 Å². The summed E-state index contributed by atoms with van der Waals surface area (Å²) >= 11 is 0. The van der Waals surface area contributed by atoms with Crippen molar-refractivity contribution in [2.45, 2.75) is 44.9 Å². The molecular weight excluding hydrogens is 441 g/mol. The molecule has 34 heavy (non-hydrogen) atoms. The van der Waals surface area contributed by atoms with E-state index < -0.39 is 23.8 Å². The van der Waals surface area contributed by atoms with E-state index in [1.54, 1.807) is 6.07 Å². The highest BCUT2D eigenvalue weighted by Crippen LogP contribution is 2.44. The number of amides is 1. The van der Waals surface area contributed by atoms with Gasteiger partial charge in [-0.25, -0.2) is 13.2 Å². The Balaban J connectivity index is 1.57. The summed E-state index contributed by atoms with van der Waals surface area (Å²) in [5.41, 5.74) is 5.17. The van der Waals surface area contributed by atoms with Crippen LogP contribution in [-0.2, 0) is 17.6 Å². The number of halogens is 3. The van der Waals surface area contributed by atoms with Crippen LogP contribution in [0, 0.1) is 17.5 Å². The van der Waals surface area contributed by atoms with Crippen LogP contribution in [0.3, 0.4) is 0 Å². The molecule has 0 radical (unpaired) electrons. The van der Waals surface area contributed by atoms with Crippen molar-refractivity contribution in [3.8, 4) is 11.1 Å². The topological polar surface area (TPSA) is 61.4 Å². The quantitative estimate of drug-likeness (QED) is 0.458. The van der Waals surface area contributed by atoms with Gasteiger partial charge in [0, 0.05) is 19.5 Å². The first-order valence-corrected chi connectivity index (χ1v) is 11.3. The van der Waals surface area contributed by atoms with Gasteiger partial charge in [0.25, 0.3) is 0 Å². The number of nitrogens with one attached hydrogen (secondary N) is 2. The van der Waals surface area contributed by atoms with Crippen molar-refractivity contribution in [3.63, 3.8) is 0 Å². The Labute approximate surface area is 196 Å². The smallest absolute Gasteiger partial charge is 0.217 e. The Morgan fingerprint density at radius 3 is 2.21 bits per heavy atom. The van der Waals surface area contributed by atoms with Crippen molar-refractivity contribution in [2.75, 3.05) is 6.54 Å². The van der Waals surface area contributed by atoms with Gasteiger partial charge in [0.05, 0.1) is 18.2 Å². The molecule has 0 saturated heterocycles. The maximum Gasteiger partial charge on any atom is 0.217 e. The molecule has 0 heterocycles. The molecule has 1 unspecified atom stereocenters. The lowest BCUT2D eigenvalue weighted by Gasteiger charge is -2.26. The lowest BCUT2D eigenvalue weighted by Crippen LogP contribution is -2.48. The minimum absolute atomic E-state index is 0.0452. The van der Waals surface area contributed by atoms with Gasteiger partial charge in [0.1, 0.15) is 17.5 Å². The summed E-state index contributed by atoms with van der Waals surface area (Å²) in [6.45, 7) is 3.44. The van der Waals surface area contributed by atoms with Crippen molar-refractivity contribution in [1.82, 2.24) is 10.6 Å².